The lowest BCUT2D eigenvalue weighted by molar-refractivity contribution is -0.0462. The smallest absolute Gasteiger partial charge is 0.410 e. The Bertz CT molecular complexity index is 927. The highest BCUT2D eigenvalue weighted by Gasteiger charge is 2.39. The van der Waals surface area contributed by atoms with Crippen LogP contribution in [0.25, 0.3) is 0 Å². The number of rotatable bonds is 2. The molecule has 0 unspecified atom stereocenters. The van der Waals surface area contributed by atoms with Crippen molar-refractivity contribution in [2.24, 2.45) is 5.92 Å². The predicted molar refractivity (Wildman–Crippen MR) is 104 cm³/mol. The first-order chi connectivity index (χ1) is 14.1. The molecule has 4 aliphatic heterocycles. The molecule has 2 aromatic carbocycles. The number of nitrogens with zero attached hydrogens (tertiary/aromatic N) is 2. The number of amides is 1. The first-order valence-electron chi connectivity index (χ1n) is 10.3. The second kappa shape index (κ2) is 7.41. The summed E-state index contributed by atoms with van der Waals surface area (Å²) in [5.74, 6) is -1.38. The summed E-state index contributed by atoms with van der Waals surface area (Å²) in [6.45, 7) is 3.43. The van der Waals surface area contributed by atoms with Crippen molar-refractivity contribution in [3.05, 3.63) is 70.8 Å². The molecule has 1 amide bonds. The van der Waals surface area contributed by atoms with Gasteiger partial charge < -0.3 is 4.74 Å². The molecule has 0 spiro atoms. The van der Waals surface area contributed by atoms with Gasteiger partial charge >= 0.3 is 6.09 Å². The lowest BCUT2D eigenvalue weighted by Gasteiger charge is -2.45. The Morgan fingerprint density at radius 3 is 2.52 bits per heavy atom. The van der Waals surface area contributed by atoms with E-state index in [1.54, 1.807) is 11.0 Å². The summed E-state index contributed by atoms with van der Waals surface area (Å²) in [6.07, 6.45) is 2.38. The predicted octanol–water partition coefficient (Wildman–Crippen LogP) is 4.14. The maximum Gasteiger partial charge on any atom is 0.410 e. The highest BCUT2D eigenvalue weighted by Crippen LogP contribution is 2.37. The number of benzene rings is 2. The van der Waals surface area contributed by atoms with Crippen LogP contribution in [0.3, 0.4) is 0 Å². The molecule has 3 fully saturated rings. The SMILES string of the molecule is O=C(O[C@@H]1CN2CCC1CC2)N1CCc2ccccc2[C@@H]1c1ccc(F)c(F)c1. The van der Waals surface area contributed by atoms with E-state index in [0.29, 0.717) is 24.4 Å². The summed E-state index contributed by atoms with van der Waals surface area (Å²) in [6, 6.07) is 11.2. The van der Waals surface area contributed by atoms with E-state index in [9.17, 15) is 13.6 Å². The number of halogens is 2. The molecular weight excluding hydrogens is 374 g/mol. The maximum absolute atomic E-state index is 14.0. The molecule has 0 radical (unpaired) electrons. The van der Waals surface area contributed by atoms with Crippen molar-refractivity contribution in [1.82, 2.24) is 9.80 Å². The minimum absolute atomic E-state index is 0.0900. The van der Waals surface area contributed by atoms with Gasteiger partial charge in [-0.3, -0.25) is 9.80 Å². The molecular formula is C23H24F2N2O2. The first-order valence-corrected chi connectivity index (χ1v) is 10.3. The highest BCUT2D eigenvalue weighted by molar-refractivity contribution is 5.70. The lowest BCUT2D eigenvalue weighted by atomic mass is 9.86. The van der Waals surface area contributed by atoms with Crippen LogP contribution in [-0.2, 0) is 11.2 Å². The molecule has 2 bridgehead atoms. The van der Waals surface area contributed by atoms with Gasteiger partial charge in [-0.05, 0) is 67.1 Å². The van der Waals surface area contributed by atoms with Crippen LogP contribution < -0.4 is 0 Å². The molecule has 0 N–H and O–H groups in total. The summed E-state index contributed by atoms with van der Waals surface area (Å²) in [5.41, 5.74) is 2.62. The summed E-state index contributed by atoms with van der Waals surface area (Å²) in [7, 11) is 0. The van der Waals surface area contributed by atoms with Crippen LogP contribution in [0, 0.1) is 17.6 Å². The summed E-state index contributed by atoms with van der Waals surface area (Å²) < 4.78 is 33.5. The zero-order valence-corrected chi connectivity index (χ0v) is 16.2. The van der Waals surface area contributed by atoms with Gasteiger partial charge in [-0.15, -0.1) is 0 Å². The maximum atomic E-state index is 14.0. The van der Waals surface area contributed by atoms with Crippen molar-refractivity contribution in [3.8, 4) is 0 Å². The number of piperidine rings is 3. The van der Waals surface area contributed by atoms with Crippen molar-refractivity contribution in [3.63, 3.8) is 0 Å². The molecule has 2 atom stereocenters. The minimum atomic E-state index is -0.906. The molecule has 6 heteroatoms. The van der Waals surface area contributed by atoms with Gasteiger partial charge in [-0.2, -0.15) is 0 Å². The fraction of sp³-hybridized carbons (Fsp3) is 0.435. The van der Waals surface area contributed by atoms with Gasteiger partial charge in [0.15, 0.2) is 11.6 Å². The van der Waals surface area contributed by atoms with Crippen LogP contribution in [0.4, 0.5) is 13.6 Å². The Hall–Kier alpha value is -2.47. The van der Waals surface area contributed by atoms with E-state index < -0.39 is 17.7 Å². The Kier molecular flexibility index (Phi) is 4.74. The molecule has 0 aliphatic carbocycles. The molecule has 152 valence electrons. The normalized spacial score (nSPS) is 28.1. The van der Waals surface area contributed by atoms with Crippen molar-refractivity contribution >= 4 is 6.09 Å². The topological polar surface area (TPSA) is 32.8 Å². The van der Waals surface area contributed by atoms with Gasteiger partial charge in [0.05, 0.1) is 6.04 Å². The number of hydrogen-bond donors (Lipinski definition) is 0. The average molecular weight is 398 g/mol. The van der Waals surface area contributed by atoms with Crippen molar-refractivity contribution in [1.29, 1.82) is 0 Å². The first kappa shape index (κ1) is 18.6. The third-order valence-electron chi connectivity index (χ3n) is 6.63. The number of hydrogen-bond acceptors (Lipinski definition) is 3. The quantitative estimate of drug-likeness (QED) is 0.762. The van der Waals surface area contributed by atoms with Crippen molar-refractivity contribution in [2.45, 2.75) is 31.4 Å². The minimum Gasteiger partial charge on any atom is -0.444 e. The van der Waals surface area contributed by atoms with Crippen LogP contribution in [0.2, 0.25) is 0 Å². The molecule has 2 aromatic rings. The second-order valence-corrected chi connectivity index (χ2v) is 8.28. The molecule has 0 aromatic heterocycles. The van der Waals surface area contributed by atoms with Crippen molar-refractivity contribution < 1.29 is 18.3 Å². The Morgan fingerprint density at radius 1 is 1.00 bits per heavy atom. The summed E-state index contributed by atoms with van der Waals surface area (Å²) in [4.78, 5) is 17.2. The summed E-state index contributed by atoms with van der Waals surface area (Å²) >= 11 is 0. The third-order valence-corrected chi connectivity index (χ3v) is 6.63. The van der Waals surface area contributed by atoms with Gasteiger partial charge in [0.25, 0.3) is 0 Å². The number of fused-ring (bicyclic) bond motifs is 4. The van der Waals surface area contributed by atoms with Crippen molar-refractivity contribution in [2.75, 3.05) is 26.2 Å². The van der Waals surface area contributed by atoms with Gasteiger partial charge in [0.2, 0.25) is 0 Å². The van der Waals surface area contributed by atoms with Gasteiger partial charge in [0, 0.05) is 13.1 Å². The van der Waals surface area contributed by atoms with Gasteiger partial charge in [-0.25, -0.2) is 13.6 Å². The number of carbonyl (C=O) groups is 1. The monoisotopic (exact) mass is 398 g/mol. The van der Waals surface area contributed by atoms with E-state index in [1.807, 2.05) is 24.3 Å². The van der Waals surface area contributed by atoms with Gasteiger partial charge in [-0.1, -0.05) is 30.3 Å². The lowest BCUT2D eigenvalue weighted by Crippen LogP contribution is -2.53. The van der Waals surface area contributed by atoms with Crippen LogP contribution >= 0.6 is 0 Å². The van der Waals surface area contributed by atoms with Crippen LogP contribution in [0.5, 0.6) is 0 Å². The fourth-order valence-corrected chi connectivity index (χ4v) is 5.05. The largest absolute Gasteiger partial charge is 0.444 e. The van der Waals surface area contributed by atoms with Gasteiger partial charge in [0.1, 0.15) is 6.10 Å². The third kappa shape index (κ3) is 3.39. The molecule has 29 heavy (non-hydrogen) atoms. The molecule has 0 saturated carbocycles. The highest BCUT2D eigenvalue weighted by atomic mass is 19.2. The number of ether oxygens (including phenoxy) is 1. The standard InChI is InChI=1S/C23H24F2N2O2/c24-19-6-5-17(13-20(19)25)22-18-4-2-1-3-15(18)9-12-27(22)23(28)29-21-14-26-10-7-16(21)8-11-26/h1-6,13,16,21-22H,7-12,14H2/t21-,22+/m1/s1. The van der Waals surface area contributed by atoms with E-state index >= 15 is 0 Å². The zero-order chi connectivity index (χ0) is 20.0. The zero-order valence-electron chi connectivity index (χ0n) is 16.2. The van der Waals surface area contributed by atoms with E-state index in [0.717, 1.165) is 49.7 Å². The molecule has 4 nitrogen and oxygen atoms in total. The fourth-order valence-electron chi connectivity index (χ4n) is 5.05. The van der Waals surface area contributed by atoms with E-state index in [1.165, 1.54) is 6.07 Å². The molecule has 3 saturated heterocycles. The summed E-state index contributed by atoms with van der Waals surface area (Å²) in [5, 5.41) is 0. The van der Waals surface area contributed by atoms with Crippen LogP contribution in [0.15, 0.2) is 42.5 Å². The van der Waals surface area contributed by atoms with Crippen LogP contribution in [-0.4, -0.2) is 48.2 Å². The average Bonchev–Trinajstić information content (AvgIpc) is 2.76. The number of carbonyl (C=O) groups excluding carboxylic acids is 1. The molecule has 4 heterocycles. The Balaban J connectivity index is 1.46. The van der Waals surface area contributed by atoms with E-state index in [2.05, 4.69) is 4.90 Å². The Morgan fingerprint density at radius 2 is 1.79 bits per heavy atom. The second-order valence-electron chi connectivity index (χ2n) is 8.28. The van der Waals surface area contributed by atoms with E-state index in [-0.39, 0.29) is 12.2 Å². The Labute approximate surface area is 169 Å². The van der Waals surface area contributed by atoms with E-state index in [4.69, 9.17) is 4.74 Å². The molecule has 6 rings (SSSR count). The molecule has 4 aliphatic rings. The van der Waals surface area contributed by atoms with Crippen LogP contribution in [0.1, 0.15) is 35.6 Å².